The lowest BCUT2D eigenvalue weighted by Gasteiger charge is -2.39. The summed E-state index contributed by atoms with van der Waals surface area (Å²) in [7, 11) is 0. The van der Waals surface area contributed by atoms with Gasteiger partial charge < -0.3 is 16.9 Å². The van der Waals surface area contributed by atoms with Gasteiger partial charge in [-0.05, 0) is 38.5 Å². The minimum atomic E-state index is 0. The average molecular weight is 278 g/mol. The van der Waals surface area contributed by atoms with E-state index in [2.05, 4.69) is 27.7 Å². The first-order valence-corrected chi connectivity index (χ1v) is 8.09. The number of quaternary nitrogens is 1. The van der Waals surface area contributed by atoms with Crippen LogP contribution in [0.25, 0.3) is 0 Å². The van der Waals surface area contributed by atoms with Crippen LogP contribution < -0.4 is 12.4 Å². The molecule has 2 heteroatoms. The van der Waals surface area contributed by atoms with Gasteiger partial charge in [0, 0.05) is 0 Å². The second-order valence-corrected chi connectivity index (χ2v) is 5.65. The standard InChI is InChI=1S/C16H36N.ClH/c1-5-9-11-15-17(13-7-3,14-8-4)16-12-10-6-2;/h5-16H2,1-4H3;1H/q+1;/p-1. The van der Waals surface area contributed by atoms with Crippen molar-refractivity contribution in [2.45, 2.75) is 79.1 Å². The molecule has 0 atom stereocenters. The first-order valence-electron chi connectivity index (χ1n) is 8.09. The quantitative estimate of drug-likeness (QED) is 0.378. The Morgan fingerprint density at radius 3 is 1.17 bits per heavy atom. The van der Waals surface area contributed by atoms with Crippen LogP contribution >= 0.6 is 0 Å². The molecular weight excluding hydrogens is 242 g/mol. The summed E-state index contributed by atoms with van der Waals surface area (Å²) < 4.78 is 1.41. The van der Waals surface area contributed by atoms with E-state index in [-0.39, 0.29) is 12.4 Å². The van der Waals surface area contributed by atoms with Gasteiger partial charge in [-0.25, -0.2) is 0 Å². The Morgan fingerprint density at radius 2 is 0.889 bits per heavy atom. The SMILES string of the molecule is CCCCC[N+](CCC)(CCC)CCCCC.[Cl-]. The van der Waals surface area contributed by atoms with Gasteiger partial charge in [0.1, 0.15) is 0 Å². The molecule has 0 aromatic carbocycles. The van der Waals surface area contributed by atoms with Crippen LogP contribution in [0.15, 0.2) is 0 Å². The average Bonchev–Trinajstić information content (AvgIpc) is 2.30. The molecule has 0 saturated carbocycles. The maximum atomic E-state index is 2.35. The summed E-state index contributed by atoms with van der Waals surface area (Å²) in [5.74, 6) is 0. The van der Waals surface area contributed by atoms with E-state index in [1.807, 2.05) is 0 Å². The predicted octanol–water partition coefficient (Wildman–Crippen LogP) is 2.01. The van der Waals surface area contributed by atoms with Gasteiger partial charge >= 0.3 is 0 Å². The van der Waals surface area contributed by atoms with Crippen molar-refractivity contribution in [3.63, 3.8) is 0 Å². The van der Waals surface area contributed by atoms with Crippen LogP contribution in [-0.2, 0) is 0 Å². The summed E-state index contributed by atoms with van der Waals surface area (Å²) in [4.78, 5) is 0. The molecule has 0 radical (unpaired) electrons. The first kappa shape index (κ1) is 20.6. The van der Waals surface area contributed by atoms with E-state index < -0.39 is 0 Å². The maximum Gasteiger partial charge on any atom is 0.0786 e. The fourth-order valence-corrected chi connectivity index (χ4v) is 3.01. The second kappa shape index (κ2) is 13.7. The molecule has 112 valence electrons. The van der Waals surface area contributed by atoms with Gasteiger partial charge in [-0.2, -0.15) is 0 Å². The van der Waals surface area contributed by atoms with Gasteiger partial charge in [-0.1, -0.05) is 40.5 Å². The van der Waals surface area contributed by atoms with Crippen molar-refractivity contribution in [2.24, 2.45) is 0 Å². The highest BCUT2D eigenvalue weighted by Gasteiger charge is 2.24. The lowest BCUT2D eigenvalue weighted by atomic mass is 10.1. The van der Waals surface area contributed by atoms with Crippen LogP contribution in [0.1, 0.15) is 79.1 Å². The molecule has 0 aliphatic carbocycles. The number of hydrogen-bond donors (Lipinski definition) is 0. The molecule has 0 unspecified atom stereocenters. The first-order chi connectivity index (χ1) is 8.24. The summed E-state index contributed by atoms with van der Waals surface area (Å²) in [5, 5.41) is 0. The van der Waals surface area contributed by atoms with Crippen LogP contribution in [0, 0.1) is 0 Å². The number of unbranched alkanes of at least 4 members (excludes halogenated alkanes) is 4. The third-order valence-electron chi connectivity index (χ3n) is 3.87. The molecule has 0 aliphatic heterocycles. The molecule has 0 fully saturated rings. The molecule has 0 saturated heterocycles. The lowest BCUT2D eigenvalue weighted by molar-refractivity contribution is -0.928. The van der Waals surface area contributed by atoms with Crippen molar-refractivity contribution in [1.29, 1.82) is 0 Å². The van der Waals surface area contributed by atoms with Gasteiger partial charge in [-0.3, -0.25) is 0 Å². The Labute approximate surface area is 122 Å². The minimum absolute atomic E-state index is 0. The summed E-state index contributed by atoms with van der Waals surface area (Å²) in [6.45, 7) is 15.0. The van der Waals surface area contributed by atoms with Crippen molar-refractivity contribution in [3.8, 4) is 0 Å². The molecule has 0 aliphatic rings. The van der Waals surface area contributed by atoms with Crippen LogP contribution in [0.3, 0.4) is 0 Å². The summed E-state index contributed by atoms with van der Waals surface area (Å²) in [6.07, 6.45) is 11.1. The summed E-state index contributed by atoms with van der Waals surface area (Å²) >= 11 is 0. The fraction of sp³-hybridized carbons (Fsp3) is 1.00. The van der Waals surface area contributed by atoms with Crippen LogP contribution in [-0.4, -0.2) is 30.7 Å². The van der Waals surface area contributed by atoms with Gasteiger partial charge in [0.15, 0.2) is 0 Å². The normalized spacial score (nSPS) is 11.3. The van der Waals surface area contributed by atoms with E-state index in [9.17, 15) is 0 Å². The number of nitrogens with zero attached hydrogens (tertiary/aromatic N) is 1. The third-order valence-corrected chi connectivity index (χ3v) is 3.87. The van der Waals surface area contributed by atoms with E-state index >= 15 is 0 Å². The molecule has 0 amide bonds. The van der Waals surface area contributed by atoms with E-state index in [4.69, 9.17) is 0 Å². The third kappa shape index (κ3) is 9.22. The van der Waals surface area contributed by atoms with Crippen molar-refractivity contribution in [1.82, 2.24) is 0 Å². The predicted molar refractivity (Wildman–Crippen MR) is 79.4 cm³/mol. The zero-order valence-corrected chi connectivity index (χ0v) is 14.1. The van der Waals surface area contributed by atoms with E-state index in [0.717, 1.165) is 0 Å². The molecule has 0 N–H and O–H groups in total. The topological polar surface area (TPSA) is 0 Å². The Morgan fingerprint density at radius 1 is 0.500 bits per heavy atom. The van der Waals surface area contributed by atoms with Crippen molar-refractivity contribution in [3.05, 3.63) is 0 Å². The van der Waals surface area contributed by atoms with Crippen molar-refractivity contribution < 1.29 is 16.9 Å². The Balaban J connectivity index is 0. The number of halogens is 1. The number of hydrogen-bond acceptors (Lipinski definition) is 0. The molecule has 1 nitrogen and oxygen atoms in total. The minimum Gasteiger partial charge on any atom is -1.00 e. The monoisotopic (exact) mass is 277 g/mol. The van der Waals surface area contributed by atoms with E-state index in [0.29, 0.717) is 0 Å². The van der Waals surface area contributed by atoms with Crippen molar-refractivity contribution >= 4 is 0 Å². The highest BCUT2D eigenvalue weighted by atomic mass is 35.5. The molecule has 18 heavy (non-hydrogen) atoms. The van der Waals surface area contributed by atoms with E-state index in [1.54, 1.807) is 0 Å². The fourth-order valence-electron chi connectivity index (χ4n) is 3.01. The van der Waals surface area contributed by atoms with Gasteiger partial charge in [0.25, 0.3) is 0 Å². The largest absolute Gasteiger partial charge is 1.00 e. The Kier molecular flexibility index (Phi) is 15.6. The second-order valence-electron chi connectivity index (χ2n) is 5.65. The number of rotatable bonds is 12. The van der Waals surface area contributed by atoms with Crippen LogP contribution in [0.2, 0.25) is 0 Å². The zero-order valence-electron chi connectivity index (χ0n) is 13.3. The molecule has 0 rings (SSSR count). The zero-order chi connectivity index (χ0) is 13.0. The Bertz CT molecular complexity index is 141. The lowest BCUT2D eigenvalue weighted by Crippen LogP contribution is -3.00. The highest BCUT2D eigenvalue weighted by molar-refractivity contribution is 4.48. The Hall–Kier alpha value is 0.250. The molecular formula is C16H36ClN. The van der Waals surface area contributed by atoms with Crippen LogP contribution in [0.5, 0.6) is 0 Å². The smallest absolute Gasteiger partial charge is 0.0786 e. The molecule has 0 aromatic rings. The van der Waals surface area contributed by atoms with Crippen LogP contribution in [0.4, 0.5) is 0 Å². The molecule has 0 aromatic heterocycles. The van der Waals surface area contributed by atoms with Crippen molar-refractivity contribution in [2.75, 3.05) is 26.2 Å². The summed E-state index contributed by atoms with van der Waals surface area (Å²) in [5.41, 5.74) is 0. The highest BCUT2D eigenvalue weighted by Crippen LogP contribution is 2.15. The molecule has 0 bridgehead atoms. The molecule has 0 spiro atoms. The van der Waals surface area contributed by atoms with Gasteiger partial charge in [0.2, 0.25) is 0 Å². The maximum absolute atomic E-state index is 2.35. The summed E-state index contributed by atoms with van der Waals surface area (Å²) in [6, 6.07) is 0. The van der Waals surface area contributed by atoms with Gasteiger partial charge in [0.05, 0.1) is 26.2 Å². The van der Waals surface area contributed by atoms with E-state index in [1.165, 1.54) is 82.0 Å². The molecule has 0 heterocycles. The van der Waals surface area contributed by atoms with Gasteiger partial charge in [-0.15, -0.1) is 0 Å².